The summed E-state index contributed by atoms with van der Waals surface area (Å²) in [6.45, 7) is 0.0291. The van der Waals surface area contributed by atoms with E-state index in [-0.39, 0.29) is 48.6 Å². The van der Waals surface area contributed by atoms with Gasteiger partial charge in [0, 0.05) is 13.0 Å². The van der Waals surface area contributed by atoms with Crippen LogP contribution >= 0.6 is 9.47 Å². The molecule has 5 heteroatoms. The normalized spacial score (nSPS) is 7.78. The second-order valence-corrected chi connectivity index (χ2v) is 1.51. The standard InChI is InChI=1S/C4H8O3P.Na/c5-3-1-2-4(6)7-8;/h5,8H,1-3H2;/q-1;+1. The van der Waals surface area contributed by atoms with Crippen molar-refractivity contribution in [2.45, 2.75) is 12.8 Å². The maximum atomic E-state index is 10.2. The predicted octanol–water partition coefficient (Wildman–Crippen LogP) is -2.64. The fraction of sp³-hybridized carbons (Fsp3) is 0.750. The molecule has 0 aliphatic heterocycles. The summed E-state index contributed by atoms with van der Waals surface area (Å²) < 4.78 is 4.11. The zero-order valence-corrected chi connectivity index (χ0v) is 8.39. The Morgan fingerprint density at radius 1 is 1.67 bits per heavy atom. The smallest absolute Gasteiger partial charge is 0.648 e. The van der Waals surface area contributed by atoms with E-state index in [2.05, 4.69) is 14.0 Å². The van der Waals surface area contributed by atoms with Gasteiger partial charge in [0.25, 0.3) is 5.97 Å². The minimum absolute atomic E-state index is 0. The van der Waals surface area contributed by atoms with Crippen molar-refractivity contribution >= 4 is 15.4 Å². The predicted molar refractivity (Wildman–Crippen MR) is 30.7 cm³/mol. The number of hydrogen-bond acceptors (Lipinski definition) is 3. The van der Waals surface area contributed by atoms with Crippen LogP contribution in [0.25, 0.3) is 0 Å². The molecule has 0 unspecified atom stereocenters. The Hall–Kier alpha value is 0.860. The molecule has 0 aromatic rings. The van der Waals surface area contributed by atoms with Gasteiger partial charge in [-0.15, -0.1) is 0 Å². The van der Waals surface area contributed by atoms with E-state index >= 15 is 0 Å². The molecule has 0 amide bonds. The Morgan fingerprint density at radius 2 is 2.22 bits per heavy atom. The van der Waals surface area contributed by atoms with Gasteiger partial charge in [-0.2, -0.15) is 0 Å². The van der Waals surface area contributed by atoms with E-state index in [0.717, 1.165) is 0 Å². The molecular weight excluding hydrogens is 150 g/mol. The Bertz CT molecular complexity index is 78.2. The number of carbonyl (C=O) groups excluding carboxylic acids is 1. The van der Waals surface area contributed by atoms with Crippen molar-refractivity contribution in [3.8, 4) is 0 Å². The van der Waals surface area contributed by atoms with E-state index in [0.29, 0.717) is 6.42 Å². The SMILES string of the molecule is O=C(CCCO)O[PH-].[Na+]. The van der Waals surface area contributed by atoms with Gasteiger partial charge in [0.2, 0.25) is 0 Å². The summed E-state index contributed by atoms with van der Waals surface area (Å²) in [6, 6.07) is 0. The first-order chi connectivity index (χ1) is 3.81. The molecule has 0 bridgehead atoms. The molecule has 0 atom stereocenters. The number of carbonyl (C=O) groups is 1. The molecule has 0 radical (unpaired) electrons. The van der Waals surface area contributed by atoms with E-state index in [1.54, 1.807) is 0 Å². The largest absolute Gasteiger partial charge is 1.00 e. The zero-order chi connectivity index (χ0) is 6.41. The van der Waals surface area contributed by atoms with Crippen LogP contribution in [0.1, 0.15) is 12.8 Å². The summed E-state index contributed by atoms with van der Waals surface area (Å²) in [5.74, 6) is -0.351. The van der Waals surface area contributed by atoms with Crippen molar-refractivity contribution in [3.05, 3.63) is 0 Å². The van der Waals surface area contributed by atoms with E-state index in [9.17, 15) is 4.79 Å². The van der Waals surface area contributed by atoms with Crippen LogP contribution in [-0.4, -0.2) is 17.7 Å². The molecule has 0 aliphatic carbocycles. The van der Waals surface area contributed by atoms with Crippen molar-refractivity contribution < 1.29 is 44.0 Å². The number of aliphatic hydroxyl groups excluding tert-OH is 1. The maximum Gasteiger partial charge on any atom is 1.00 e. The molecule has 3 nitrogen and oxygen atoms in total. The molecule has 0 fully saturated rings. The first-order valence-electron chi connectivity index (χ1n) is 2.28. The maximum absolute atomic E-state index is 10.2. The van der Waals surface area contributed by atoms with Gasteiger partial charge in [-0.3, -0.25) is 4.79 Å². The van der Waals surface area contributed by atoms with E-state index in [1.165, 1.54) is 0 Å². The van der Waals surface area contributed by atoms with Crippen LogP contribution in [0.5, 0.6) is 0 Å². The Balaban J connectivity index is 0. The summed E-state index contributed by atoms with van der Waals surface area (Å²) in [6.07, 6.45) is 0.726. The number of hydrogen-bond donors (Lipinski definition) is 1. The van der Waals surface area contributed by atoms with Gasteiger partial charge in [-0.25, -0.2) is 0 Å². The third-order valence-corrected chi connectivity index (χ3v) is 0.881. The zero-order valence-electron chi connectivity index (χ0n) is 5.39. The van der Waals surface area contributed by atoms with Gasteiger partial charge in [0.05, 0.1) is 0 Å². The molecule has 1 N–H and O–H groups in total. The molecule has 0 rings (SSSR count). The third kappa shape index (κ3) is 8.86. The third-order valence-electron chi connectivity index (χ3n) is 0.653. The summed E-state index contributed by atoms with van der Waals surface area (Å²) in [5.41, 5.74) is 0. The molecule has 0 saturated heterocycles. The van der Waals surface area contributed by atoms with E-state index in [1.807, 2.05) is 0 Å². The van der Waals surface area contributed by atoms with Gasteiger partial charge >= 0.3 is 29.6 Å². The van der Waals surface area contributed by atoms with Crippen LogP contribution in [0.2, 0.25) is 0 Å². The minimum Gasteiger partial charge on any atom is -0.648 e. The summed E-state index contributed by atoms with van der Waals surface area (Å²) in [7, 11) is 2.56. The quantitative estimate of drug-likeness (QED) is 0.361. The van der Waals surface area contributed by atoms with Gasteiger partial charge in [-0.05, 0) is 6.42 Å². The van der Waals surface area contributed by atoms with Gasteiger partial charge in [-0.1, -0.05) is 0 Å². The first-order valence-corrected chi connectivity index (χ1v) is 2.69. The van der Waals surface area contributed by atoms with Crippen LogP contribution in [0.3, 0.4) is 0 Å². The van der Waals surface area contributed by atoms with Crippen molar-refractivity contribution in [1.82, 2.24) is 0 Å². The molecule has 0 aromatic carbocycles. The van der Waals surface area contributed by atoms with Crippen LogP contribution in [0, 0.1) is 0 Å². The molecule has 0 aromatic heterocycles. The molecule has 0 spiro atoms. The summed E-state index contributed by atoms with van der Waals surface area (Å²) >= 11 is 0. The topological polar surface area (TPSA) is 46.5 Å². The Morgan fingerprint density at radius 3 is 2.56 bits per heavy atom. The summed E-state index contributed by atoms with van der Waals surface area (Å²) in [5, 5.41) is 8.19. The molecule has 48 valence electrons. The van der Waals surface area contributed by atoms with Crippen molar-refractivity contribution in [2.24, 2.45) is 0 Å². The van der Waals surface area contributed by atoms with E-state index in [4.69, 9.17) is 5.11 Å². The van der Waals surface area contributed by atoms with Crippen LogP contribution in [0.4, 0.5) is 0 Å². The average molecular weight is 158 g/mol. The number of aliphatic hydroxyl groups is 1. The minimum atomic E-state index is -0.351. The monoisotopic (exact) mass is 158 g/mol. The van der Waals surface area contributed by atoms with Gasteiger partial charge in [0.15, 0.2) is 0 Å². The molecule has 0 aliphatic rings. The second-order valence-electron chi connectivity index (χ2n) is 1.30. The Labute approximate surface area is 78.7 Å². The van der Waals surface area contributed by atoms with Gasteiger partial charge in [0.1, 0.15) is 0 Å². The van der Waals surface area contributed by atoms with Crippen molar-refractivity contribution in [1.29, 1.82) is 0 Å². The van der Waals surface area contributed by atoms with Gasteiger partial charge < -0.3 is 19.1 Å². The Kier molecular flexibility index (Phi) is 12.3. The summed E-state index contributed by atoms with van der Waals surface area (Å²) in [4.78, 5) is 10.2. The molecule has 0 saturated carbocycles. The van der Waals surface area contributed by atoms with Crippen molar-refractivity contribution in [2.75, 3.05) is 6.61 Å². The first kappa shape index (κ1) is 12.5. The van der Waals surface area contributed by atoms with E-state index < -0.39 is 0 Å². The van der Waals surface area contributed by atoms with Crippen LogP contribution in [0.15, 0.2) is 0 Å². The molecular formula is C4H8NaO3P. The van der Waals surface area contributed by atoms with Crippen LogP contribution in [-0.2, 0) is 9.32 Å². The fourth-order valence-electron chi connectivity index (χ4n) is 0.274. The van der Waals surface area contributed by atoms with Crippen LogP contribution < -0.4 is 29.6 Å². The second kappa shape index (κ2) is 8.86. The van der Waals surface area contributed by atoms with Crippen molar-refractivity contribution in [3.63, 3.8) is 0 Å². The average Bonchev–Trinajstić information content (AvgIpc) is 1.83. The molecule has 9 heavy (non-hydrogen) atoms. The fourth-order valence-corrected chi connectivity index (χ4v) is 0.376. The molecule has 0 heterocycles. The number of rotatable bonds is 3.